The Bertz CT molecular complexity index is 871. The molecule has 0 N–H and O–H groups in total. The van der Waals surface area contributed by atoms with Crippen molar-refractivity contribution < 1.29 is 9.72 Å². The number of nitrogens with zero attached hydrogens (tertiary/aromatic N) is 3. The number of halogens is 2. The smallest absolute Gasteiger partial charge is 0.294 e. The van der Waals surface area contributed by atoms with E-state index in [2.05, 4.69) is 0 Å². The van der Waals surface area contributed by atoms with E-state index in [-0.39, 0.29) is 16.8 Å². The largest absolute Gasteiger partial charge is 0.362 e. The summed E-state index contributed by atoms with van der Waals surface area (Å²) in [6, 6.07) is 12.1. The van der Waals surface area contributed by atoms with E-state index >= 15 is 0 Å². The molecule has 0 radical (unpaired) electrons. The van der Waals surface area contributed by atoms with Crippen molar-refractivity contribution in [3.05, 3.63) is 62.6 Å². The minimum absolute atomic E-state index is 0.0149. The SMILES string of the molecule is CC(Sc1ccc(Cl)cc1)C(=O)N1CCN(c2ccc(Cl)cc2[N+](=O)[O-])CC1. The van der Waals surface area contributed by atoms with Gasteiger partial charge in [-0.2, -0.15) is 0 Å². The summed E-state index contributed by atoms with van der Waals surface area (Å²) in [7, 11) is 0. The van der Waals surface area contributed by atoms with Crippen LogP contribution in [-0.4, -0.2) is 47.2 Å². The molecule has 1 aliphatic rings. The molecule has 1 saturated heterocycles. The fourth-order valence-corrected chi connectivity index (χ4v) is 4.35. The summed E-state index contributed by atoms with van der Waals surface area (Å²) in [5, 5.41) is 12.1. The highest BCUT2D eigenvalue weighted by atomic mass is 35.5. The van der Waals surface area contributed by atoms with Crippen LogP contribution in [0.15, 0.2) is 47.4 Å². The molecular weight excluding hydrogens is 421 g/mol. The first kappa shape index (κ1) is 20.8. The molecule has 2 aromatic carbocycles. The predicted molar refractivity (Wildman–Crippen MR) is 114 cm³/mol. The molecule has 1 amide bonds. The molecule has 0 aromatic heterocycles. The molecule has 0 spiro atoms. The Kier molecular flexibility index (Phi) is 6.69. The van der Waals surface area contributed by atoms with E-state index in [0.717, 1.165) is 4.90 Å². The summed E-state index contributed by atoms with van der Waals surface area (Å²) in [5.74, 6) is 0.0604. The molecule has 1 atom stereocenters. The summed E-state index contributed by atoms with van der Waals surface area (Å²) in [6.45, 7) is 3.99. The Morgan fingerprint density at radius 2 is 1.68 bits per heavy atom. The molecule has 1 fully saturated rings. The van der Waals surface area contributed by atoms with Crippen molar-refractivity contribution in [3.63, 3.8) is 0 Å². The third kappa shape index (κ3) is 4.90. The number of hydrogen-bond acceptors (Lipinski definition) is 5. The Morgan fingerprint density at radius 3 is 2.29 bits per heavy atom. The number of thioether (sulfide) groups is 1. The van der Waals surface area contributed by atoms with Crippen LogP contribution in [0.5, 0.6) is 0 Å². The minimum Gasteiger partial charge on any atom is -0.362 e. The van der Waals surface area contributed by atoms with Gasteiger partial charge in [0.2, 0.25) is 5.91 Å². The van der Waals surface area contributed by atoms with Crippen molar-refractivity contribution in [2.24, 2.45) is 0 Å². The van der Waals surface area contributed by atoms with Crippen molar-refractivity contribution in [2.75, 3.05) is 31.1 Å². The van der Waals surface area contributed by atoms with Gasteiger partial charge in [0.1, 0.15) is 5.69 Å². The first-order chi connectivity index (χ1) is 13.3. The quantitative estimate of drug-likeness (QED) is 0.382. The first-order valence-corrected chi connectivity index (χ1v) is 10.4. The zero-order valence-corrected chi connectivity index (χ0v) is 17.5. The Hall–Kier alpha value is -1.96. The Morgan fingerprint density at radius 1 is 1.07 bits per heavy atom. The van der Waals surface area contributed by atoms with Gasteiger partial charge in [-0.3, -0.25) is 14.9 Å². The van der Waals surface area contributed by atoms with Gasteiger partial charge in [0.25, 0.3) is 5.69 Å². The molecule has 28 heavy (non-hydrogen) atoms. The van der Waals surface area contributed by atoms with Gasteiger partial charge in [-0.25, -0.2) is 0 Å². The fourth-order valence-electron chi connectivity index (χ4n) is 3.10. The maximum Gasteiger partial charge on any atom is 0.294 e. The number of rotatable bonds is 5. The van der Waals surface area contributed by atoms with E-state index in [0.29, 0.717) is 41.9 Å². The number of amides is 1. The summed E-state index contributed by atoms with van der Waals surface area (Å²) in [6.07, 6.45) is 0. The molecule has 0 bridgehead atoms. The number of benzene rings is 2. The van der Waals surface area contributed by atoms with E-state index < -0.39 is 4.92 Å². The maximum atomic E-state index is 12.8. The third-order valence-electron chi connectivity index (χ3n) is 4.54. The summed E-state index contributed by atoms with van der Waals surface area (Å²) in [4.78, 5) is 28.4. The molecule has 0 aliphatic carbocycles. The first-order valence-electron chi connectivity index (χ1n) is 8.75. The summed E-state index contributed by atoms with van der Waals surface area (Å²) in [5.41, 5.74) is 0.518. The lowest BCUT2D eigenvalue weighted by molar-refractivity contribution is -0.384. The van der Waals surface area contributed by atoms with E-state index in [1.54, 1.807) is 24.3 Å². The van der Waals surface area contributed by atoms with Crippen LogP contribution in [-0.2, 0) is 4.79 Å². The van der Waals surface area contributed by atoms with Gasteiger partial charge >= 0.3 is 0 Å². The van der Waals surface area contributed by atoms with Gasteiger partial charge in [-0.05, 0) is 43.3 Å². The van der Waals surface area contributed by atoms with Crippen LogP contribution in [0.1, 0.15) is 6.92 Å². The van der Waals surface area contributed by atoms with E-state index in [9.17, 15) is 14.9 Å². The molecule has 3 rings (SSSR count). The predicted octanol–water partition coefficient (Wildman–Crippen LogP) is 4.73. The van der Waals surface area contributed by atoms with Crippen LogP contribution < -0.4 is 4.90 Å². The van der Waals surface area contributed by atoms with E-state index in [1.165, 1.54) is 17.8 Å². The number of hydrogen-bond donors (Lipinski definition) is 0. The Labute approximate surface area is 177 Å². The van der Waals surface area contributed by atoms with Crippen molar-refractivity contribution >= 4 is 52.2 Å². The number of carbonyl (C=O) groups is 1. The zero-order valence-electron chi connectivity index (χ0n) is 15.2. The van der Waals surface area contributed by atoms with Gasteiger partial charge in [0, 0.05) is 47.2 Å². The van der Waals surface area contributed by atoms with Crippen LogP contribution in [0.2, 0.25) is 10.0 Å². The molecular formula is C19H19Cl2N3O3S. The normalized spacial score (nSPS) is 15.4. The van der Waals surface area contributed by atoms with Gasteiger partial charge in [-0.1, -0.05) is 23.2 Å². The standard InChI is InChI=1S/C19H19Cl2N3O3S/c1-13(28-16-5-2-14(20)3-6-16)19(25)23-10-8-22(9-11-23)17-7-4-15(21)12-18(17)24(26)27/h2-7,12-13H,8-11H2,1H3. The van der Waals surface area contributed by atoms with Crippen molar-refractivity contribution in [1.29, 1.82) is 0 Å². The van der Waals surface area contributed by atoms with Crippen LogP contribution >= 0.6 is 35.0 Å². The van der Waals surface area contributed by atoms with Crippen LogP contribution in [0.4, 0.5) is 11.4 Å². The summed E-state index contributed by atoms with van der Waals surface area (Å²) < 4.78 is 0. The second-order valence-electron chi connectivity index (χ2n) is 6.42. The number of nitro groups is 1. The molecule has 6 nitrogen and oxygen atoms in total. The molecule has 9 heteroatoms. The van der Waals surface area contributed by atoms with Crippen molar-refractivity contribution in [2.45, 2.75) is 17.1 Å². The average molecular weight is 440 g/mol. The lowest BCUT2D eigenvalue weighted by Gasteiger charge is -2.36. The van der Waals surface area contributed by atoms with E-state index in [1.807, 2.05) is 28.9 Å². The molecule has 1 aliphatic heterocycles. The second kappa shape index (κ2) is 9.03. The monoisotopic (exact) mass is 439 g/mol. The van der Waals surface area contributed by atoms with Gasteiger partial charge in [0.15, 0.2) is 0 Å². The minimum atomic E-state index is -0.427. The molecule has 1 heterocycles. The molecule has 148 valence electrons. The van der Waals surface area contributed by atoms with Crippen molar-refractivity contribution in [3.8, 4) is 0 Å². The van der Waals surface area contributed by atoms with Gasteiger partial charge in [0.05, 0.1) is 10.2 Å². The highest BCUT2D eigenvalue weighted by molar-refractivity contribution is 8.00. The maximum absolute atomic E-state index is 12.8. The van der Waals surface area contributed by atoms with Crippen LogP contribution in [0.3, 0.4) is 0 Å². The lowest BCUT2D eigenvalue weighted by atomic mass is 10.2. The molecule has 1 unspecified atom stereocenters. The topological polar surface area (TPSA) is 66.7 Å². The average Bonchev–Trinajstić information content (AvgIpc) is 2.69. The van der Waals surface area contributed by atoms with Gasteiger partial charge in [-0.15, -0.1) is 11.8 Å². The zero-order chi connectivity index (χ0) is 20.3. The number of piperazine rings is 1. The lowest BCUT2D eigenvalue weighted by Crippen LogP contribution is -2.50. The van der Waals surface area contributed by atoms with Crippen molar-refractivity contribution in [1.82, 2.24) is 4.90 Å². The highest BCUT2D eigenvalue weighted by Crippen LogP contribution is 2.32. The Balaban J connectivity index is 1.61. The van der Waals surface area contributed by atoms with E-state index in [4.69, 9.17) is 23.2 Å². The van der Waals surface area contributed by atoms with Crippen LogP contribution in [0.25, 0.3) is 0 Å². The number of anilines is 1. The molecule has 2 aromatic rings. The highest BCUT2D eigenvalue weighted by Gasteiger charge is 2.28. The number of nitro benzene ring substituents is 1. The third-order valence-corrected chi connectivity index (χ3v) is 6.13. The number of carbonyl (C=O) groups excluding carboxylic acids is 1. The fraction of sp³-hybridized carbons (Fsp3) is 0.316. The summed E-state index contributed by atoms with van der Waals surface area (Å²) >= 11 is 13.3. The molecule has 0 saturated carbocycles. The van der Waals surface area contributed by atoms with Gasteiger partial charge < -0.3 is 9.80 Å². The van der Waals surface area contributed by atoms with Crippen LogP contribution in [0, 0.1) is 10.1 Å². The second-order valence-corrected chi connectivity index (χ2v) is 8.70.